The van der Waals surface area contributed by atoms with Crippen molar-refractivity contribution in [2.45, 2.75) is 39.5 Å². The average Bonchev–Trinajstić information content (AvgIpc) is 2.85. The van der Waals surface area contributed by atoms with Crippen molar-refractivity contribution in [2.24, 2.45) is 0 Å². The van der Waals surface area contributed by atoms with Crippen molar-refractivity contribution in [1.29, 1.82) is 0 Å². The number of aldehydes is 1. The summed E-state index contributed by atoms with van der Waals surface area (Å²) in [6.07, 6.45) is 3.87. The van der Waals surface area contributed by atoms with Crippen molar-refractivity contribution in [2.75, 3.05) is 13.2 Å². The second-order valence-electron chi connectivity index (χ2n) is 3.99. The molecular formula is C13H21O5P. The van der Waals surface area contributed by atoms with Crippen LogP contribution in [0.5, 0.6) is 0 Å². The molecule has 1 rings (SSSR count). The number of furan rings is 1. The van der Waals surface area contributed by atoms with E-state index in [0.717, 1.165) is 24.9 Å². The van der Waals surface area contributed by atoms with Gasteiger partial charge in [-0.05, 0) is 38.8 Å². The van der Waals surface area contributed by atoms with Crippen molar-refractivity contribution >= 4 is 19.4 Å². The highest BCUT2D eigenvalue weighted by molar-refractivity contribution is 7.61. The minimum absolute atomic E-state index is 0.251. The second-order valence-corrected chi connectivity index (χ2v) is 5.94. The summed E-state index contributed by atoms with van der Waals surface area (Å²) >= 11 is 0. The quantitative estimate of drug-likeness (QED) is 0.376. The van der Waals surface area contributed by atoms with Gasteiger partial charge in [-0.3, -0.25) is 4.57 Å². The minimum atomic E-state index is -3.32. The highest BCUT2D eigenvalue weighted by atomic mass is 31.2. The van der Waals surface area contributed by atoms with E-state index in [0.29, 0.717) is 26.1 Å². The Morgan fingerprint density at radius 3 is 2.47 bits per heavy atom. The lowest BCUT2D eigenvalue weighted by atomic mass is 10.2. The lowest BCUT2D eigenvalue weighted by molar-refractivity contribution is -0.107. The Hall–Kier alpha value is -0.900. The van der Waals surface area contributed by atoms with Crippen molar-refractivity contribution in [3.63, 3.8) is 0 Å². The van der Waals surface area contributed by atoms with Gasteiger partial charge in [-0.15, -0.1) is 0 Å². The van der Waals surface area contributed by atoms with Crippen LogP contribution in [-0.4, -0.2) is 19.5 Å². The summed E-state index contributed by atoms with van der Waals surface area (Å²) in [7, 11) is -3.32. The molecule has 1 aromatic heterocycles. The Kier molecular flexibility index (Phi) is 7.06. The molecule has 0 amide bonds. The fraction of sp³-hybridized carbons (Fsp3) is 0.615. The maximum Gasteiger partial charge on any atom is 0.396 e. The van der Waals surface area contributed by atoms with Gasteiger partial charge in [0.15, 0.2) is 0 Å². The fourth-order valence-corrected chi connectivity index (χ4v) is 3.17. The molecule has 0 atom stereocenters. The van der Waals surface area contributed by atoms with Crippen LogP contribution in [0.3, 0.4) is 0 Å². The third kappa shape index (κ3) is 4.94. The number of hydrogen-bond donors (Lipinski definition) is 0. The van der Waals surface area contributed by atoms with Crippen LogP contribution in [0.2, 0.25) is 0 Å². The first-order valence-electron chi connectivity index (χ1n) is 6.58. The van der Waals surface area contributed by atoms with Gasteiger partial charge in [0.1, 0.15) is 12.0 Å². The first-order valence-corrected chi connectivity index (χ1v) is 8.12. The number of aryl methyl sites for hydroxylation is 1. The maximum atomic E-state index is 12.4. The summed E-state index contributed by atoms with van der Waals surface area (Å²) in [4.78, 5) is 10.2. The first-order chi connectivity index (χ1) is 9.16. The molecule has 1 aromatic rings. The Bertz CT molecular complexity index is 416. The van der Waals surface area contributed by atoms with Gasteiger partial charge in [0.05, 0.1) is 13.2 Å². The molecule has 0 fully saturated rings. The van der Waals surface area contributed by atoms with Gasteiger partial charge >= 0.3 is 7.60 Å². The standard InChI is InChI=1S/C13H21O5P/c1-3-16-19(15,17-4-2)13-10-9-12(18-13)8-6-5-7-11-14/h9-11H,3-8H2,1-2H3. The Morgan fingerprint density at radius 1 is 1.21 bits per heavy atom. The van der Waals surface area contributed by atoms with Crippen LogP contribution in [-0.2, 0) is 24.8 Å². The van der Waals surface area contributed by atoms with Crippen LogP contribution in [0.4, 0.5) is 0 Å². The summed E-state index contributed by atoms with van der Waals surface area (Å²) in [5.74, 6) is 0.737. The van der Waals surface area contributed by atoms with E-state index in [1.807, 2.05) is 0 Å². The fourth-order valence-electron chi connectivity index (χ4n) is 1.68. The van der Waals surface area contributed by atoms with Crippen molar-refractivity contribution < 1.29 is 22.8 Å². The lowest BCUT2D eigenvalue weighted by Crippen LogP contribution is -2.08. The van der Waals surface area contributed by atoms with Crippen LogP contribution < -0.4 is 5.50 Å². The second kappa shape index (κ2) is 8.31. The Balaban J connectivity index is 2.65. The molecule has 5 nitrogen and oxygen atoms in total. The number of carbonyl (C=O) groups is 1. The largest absolute Gasteiger partial charge is 0.453 e. The van der Waals surface area contributed by atoms with Gasteiger partial charge in [-0.25, -0.2) is 0 Å². The molecular weight excluding hydrogens is 267 g/mol. The van der Waals surface area contributed by atoms with Gasteiger partial charge in [0.2, 0.25) is 5.50 Å². The third-order valence-corrected chi connectivity index (χ3v) is 4.49. The highest BCUT2D eigenvalue weighted by Gasteiger charge is 2.30. The van der Waals surface area contributed by atoms with Crippen LogP contribution in [0.25, 0.3) is 0 Å². The van der Waals surface area contributed by atoms with Crippen molar-refractivity contribution in [3.05, 3.63) is 17.9 Å². The molecule has 0 aliphatic heterocycles. The first kappa shape index (κ1) is 16.2. The number of rotatable bonds is 10. The summed E-state index contributed by atoms with van der Waals surface area (Å²) in [5, 5.41) is 0. The van der Waals surface area contributed by atoms with E-state index in [1.165, 1.54) is 0 Å². The number of unbranched alkanes of at least 4 members (excludes halogenated alkanes) is 2. The molecule has 0 aromatic carbocycles. The zero-order chi connectivity index (χ0) is 14.1. The van der Waals surface area contributed by atoms with E-state index in [9.17, 15) is 9.36 Å². The highest BCUT2D eigenvalue weighted by Crippen LogP contribution is 2.47. The molecule has 0 saturated heterocycles. The molecule has 0 aliphatic rings. The molecule has 1 heterocycles. The molecule has 0 unspecified atom stereocenters. The predicted molar refractivity (Wildman–Crippen MR) is 72.8 cm³/mol. The molecule has 19 heavy (non-hydrogen) atoms. The Labute approximate surface area is 113 Å². The van der Waals surface area contributed by atoms with Crippen molar-refractivity contribution in [1.82, 2.24) is 0 Å². The van der Waals surface area contributed by atoms with E-state index in [4.69, 9.17) is 13.5 Å². The summed E-state index contributed by atoms with van der Waals surface area (Å²) in [6.45, 7) is 4.11. The molecule has 0 saturated carbocycles. The van der Waals surface area contributed by atoms with Crippen LogP contribution in [0.15, 0.2) is 16.5 Å². The topological polar surface area (TPSA) is 65.7 Å². The van der Waals surface area contributed by atoms with E-state index < -0.39 is 7.60 Å². The predicted octanol–water partition coefficient (Wildman–Crippen LogP) is 3.08. The normalized spacial score (nSPS) is 11.7. The third-order valence-electron chi connectivity index (χ3n) is 2.51. The molecule has 0 radical (unpaired) electrons. The van der Waals surface area contributed by atoms with Gasteiger partial charge < -0.3 is 18.3 Å². The molecule has 0 N–H and O–H groups in total. The number of carbonyl (C=O) groups excluding carboxylic acids is 1. The van der Waals surface area contributed by atoms with Gasteiger partial charge in [-0.1, -0.05) is 0 Å². The molecule has 0 aliphatic carbocycles. The van der Waals surface area contributed by atoms with Gasteiger partial charge in [0.25, 0.3) is 0 Å². The number of hydrogen-bond acceptors (Lipinski definition) is 5. The van der Waals surface area contributed by atoms with E-state index in [1.54, 1.807) is 26.0 Å². The van der Waals surface area contributed by atoms with Gasteiger partial charge in [0, 0.05) is 12.8 Å². The van der Waals surface area contributed by atoms with E-state index in [-0.39, 0.29) is 5.50 Å². The zero-order valence-electron chi connectivity index (χ0n) is 11.5. The van der Waals surface area contributed by atoms with Crippen molar-refractivity contribution in [3.8, 4) is 0 Å². The van der Waals surface area contributed by atoms with E-state index in [2.05, 4.69) is 0 Å². The van der Waals surface area contributed by atoms with Crippen LogP contribution in [0, 0.1) is 0 Å². The summed E-state index contributed by atoms with van der Waals surface area (Å²) in [6, 6.07) is 3.42. The maximum absolute atomic E-state index is 12.4. The SMILES string of the molecule is CCOP(=O)(OCC)c1ccc(CCCCC=O)o1. The molecule has 0 spiro atoms. The van der Waals surface area contributed by atoms with E-state index >= 15 is 0 Å². The average molecular weight is 288 g/mol. The molecule has 6 heteroatoms. The smallest absolute Gasteiger partial charge is 0.396 e. The molecule has 108 valence electrons. The van der Waals surface area contributed by atoms with Gasteiger partial charge in [-0.2, -0.15) is 0 Å². The zero-order valence-corrected chi connectivity index (χ0v) is 12.4. The summed E-state index contributed by atoms with van der Waals surface area (Å²) < 4.78 is 28.4. The minimum Gasteiger partial charge on any atom is -0.453 e. The summed E-state index contributed by atoms with van der Waals surface area (Å²) in [5.41, 5.74) is 0.251. The Morgan fingerprint density at radius 2 is 1.89 bits per heavy atom. The van der Waals surface area contributed by atoms with Crippen LogP contribution >= 0.6 is 7.60 Å². The lowest BCUT2D eigenvalue weighted by Gasteiger charge is -2.13. The van der Waals surface area contributed by atoms with Crippen LogP contribution in [0.1, 0.15) is 38.9 Å². The monoisotopic (exact) mass is 288 g/mol. The molecule has 0 bridgehead atoms.